The molecule has 1 amide bonds. The Labute approximate surface area is 129 Å². The lowest BCUT2D eigenvalue weighted by Gasteiger charge is -2.07. The number of phenols is 1. The molecule has 2 N–H and O–H groups in total. The molecular formula is C14H14BrN3O3. The van der Waals surface area contributed by atoms with E-state index >= 15 is 0 Å². The second-order valence-corrected chi connectivity index (χ2v) is 5.29. The number of nitrogens with one attached hydrogen (secondary N) is 1. The van der Waals surface area contributed by atoms with Crippen LogP contribution in [0.15, 0.2) is 39.6 Å². The minimum absolute atomic E-state index is 0.117. The molecule has 0 spiro atoms. The molecule has 0 aliphatic heterocycles. The van der Waals surface area contributed by atoms with Crippen LogP contribution in [0.4, 0.5) is 0 Å². The number of halogens is 1. The third-order valence-corrected chi connectivity index (χ3v) is 3.25. The smallest absolute Gasteiger partial charge is 0.271 e. The lowest BCUT2D eigenvalue weighted by atomic mass is 10.2. The van der Waals surface area contributed by atoms with Gasteiger partial charge in [-0.05, 0) is 36.8 Å². The van der Waals surface area contributed by atoms with E-state index < -0.39 is 0 Å². The van der Waals surface area contributed by atoms with E-state index in [9.17, 15) is 14.7 Å². The first kappa shape index (κ1) is 15.2. The third kappa shape index (κ3) is 3.91. The molecular weight excluding hydrogens is 338 g/mol. The van der Waals surface area contributed by atoms with E-state index in [0.29, 0.717) is 6.54 Å². The summed E-state index contributed by atoms with van der Waals surface area (Å²) in [5.74, 6) is -0.261. The Morgan fingerprint density at radius 3 is 2.81 bits per heavy atom. The van der Waals surface area contributed by atoms with Crippen LogP contribution in [0, 0.1) is 0 Å². The number of nitrogens with zero attached hydrogens (tertiary/aromatic N) is 2. The van der Waals surface area contributed by atoms with Crippen LogP contribution in [0.25, 0.3) is 0 Å². The van der Waals surface area contributed by atoms with Crippen LogP contribution in [0.3, 0.4) is 0 Å². The normalized spacial score (nSPS) is 10.4. The molecule has 0 saturated heterocycles. The van der Waals surface area contributed by atoms with Crippen molar-refractivity contribution in [2.24, 2.45) is 0 Å². The third-order valence-electron chi connectivity index (χ3n) is 2.79. The Bertz CT molecular complexity index is 707. The average Bonchev–Trinajstić information content (AvgIpc) is 2.44. The van der Waals surface area contributed by atoms with Gasteiger partial charge in [0.1, 0.15) is 11.4 Å². The van der Waals surface area contributed by atoms with Crippen LogP contribution in [0.1, 0.15) is 23.0 Å². The molecule has 7 heteroatoms. The number of phenolic OH excluding ortho intramolecular Hbond substituents is 1. The molecule has 0 aliphatic carbocycles. The summed E-state index contributed by atoms with van der Waals surface area (Å²) < 4.78 is 1.95. The highest BCUT2D eigenvalue weighted by Crippen LogP contribution is 2.20. The molecule has 2 aromatic rings. The zero-order valence-corrected chi connectivity index (χ0v) is 12.9. The highest BCUT2D eigenvalue weighted by atomic mass is 79.9. The molecule has 0 bridgehead atoms. The second-order valence-electron chi connectivity index (χ2n) is 4.37. The van der Waals surface area contributed by atoms with Crippen molar-refractivity contribution in [1.82, 2.24) is 15.1 Å². The molecule has 2 rings (SSSR count). The summed E-state index contributed by atoms with van der Waals surface area (Å²) in [5.41, 5.74) is 0.681. The SMILES string of the molecule is CCn1nc(C(=O)NCc2cc(O)cc(Br)c2)ccc1=O. The molecule has 6 nitrogen and oxygen atoms in total. The van der Waals surface area contributed by atoms with Gasteiger partial charge < -0.3 is 10.4 Å². The number of amides is 1. The topological polar surface area (TPSA) is 84.2 Å². The van der Waals surface area contributed by atoms with E-state index in [0.717, 1.165) is 10.0 Å². The first-order chi connectivity index (χ1) is 9.99. The van der Waals surface area contributed by atoms with Gasteiger partial charge in [0.05, 0.1) is 0 Å². The molecule has 21 heavy (non-hydrogen) atoms. The largest absolute Gasteiger partial charge is 0.508 e. The minimum Gasteiger partial charge on any atom is -0.508 e. The summed E-state index contributed by atoms with van der Waals surface area (Å²) in [6.45, 7) is 2.43. The predicted octanol–water partition coefficient (Wildman–Crippen LogP) is 1.66. The standard InChI is InChI=1S/C14H14BrN3O3/c1-2-18-13(20)4-3-12(17-18)14(21)16-8-9-5-10(15)7-11(19)6-9/h3-7,19H,2,8H2,1H3,(H,16,21). The van der Waals surface area contributed by atoms with Crippen LogP contribution < -0.4 is 10.9 Å². The fourth-order valence-electron chi connectivity index (χ4n) is 1.80. The molecule has 110 valence electrons. The molecule has 0 unspecified atom stereocenters. The summed E-state index contributed by atoms with van der Waals surface area (Å²) in [7, 11) is 0. The molecule has 1 aromatic carbocycles. The van der Waals surface area contributed by atoms with Crippen molar-refractivity contribution in [3.63, 3.8) is 0 Å². The summed E-state index contributed by atoms with van der Waals surface area (Å²) in [4.78, 5) is 23.4. The van der Waals surface area contributed by atoms with E-state index in [2.05, 4.69) is 26.3 Å². The van der Waals surface area contributed by atoms with Crippen molar-refractivity contribution in [2.75, 3.05) is 0 Å². The quantitative estimate of drug-likeness (QED) is 0.877. The number of aromatic hydroxyl groups is 1. The molecule has 1 aromatic heterocycles. The number of benzene rings is 1. The summed E-state index contributed by atoms with van der Waals surface area (Å²) >= 11 is 3.27. The van der Waals surface area contributed by atoms with Crippen molar-refractivity contribution in [3.8, 4) is 5.75 Å². The van der Waals surface area contributed by atoms with Gasteiger partial charge >= 0.3 is 0 Å². The van der Waals surface area contributed by atoms with Crippen LogP contribution in [-0.4, -0.2) is 20.8 Å². The van der Waals surface area contributed by atoms with Crippen molar-refractivity contribution < 1.29 is 9.90 Å². The fraction of sp³-hybridized carbons (Fsp3) is 0.214. The zero-order valence-electron chi connectivity index (χ0n) is 11.3. The number of carbonyl (C=O) groups is 1. The van der Waals surface area contributed by atoms with Gasteiger partial charge in [0.2, 0.25) is 0 Å². The van der Waals surface area contributed by atoms with Gasteiger partial charge in [0.15, 0.2) is 0 Å². The maximum absolute atomic E-state index is 12.0. The Morgan fingerprint density at radius 2 is 2.14 bits per heavy atom. The maximum atomic E-state index is 12.0. The number of carbonyl (C=O) groups excluding carboxylic acids is 1. The van der Waals surface area contributed by atoms with E-state index in [4.69, 9.17) is 0 Å². The first-order valence-electron chi connectivity index (χ1n) is 6.34. The van der Waals surface area contributed by atoms with Gasteiger partial charge in [-0.15, -0.1) is 0 Å². The lowest BCUT2D eigenvalue weighted by molar-refractivity contribution is 0.0943. The van der Waals surface area contributed by atoms with Gasteiger partial charge in [-0.25, -0.2) is 4.68 Å². The molecule has 0 radical (unpaired) electrons. The molecule has 0 atom stereocenters. The number of aromatic nitrogens is 2. The van der Waals surface area contributed by atoms with Crippen molar-refractivity contribution >= 4 is 21.8 Å². The van der Waals surface area contributed by atoms with Gasteiger partial charge in [0, 0.05) is 23.6 Å². The number of aryl methyl sites for hydroxylation is 1. The summed E-state index contributed by atoms with van der Waals surface area (Å²) in [6.07, 6.45) is 0. The Balaban J connectivity index is 2.09. The summed E-state index contributed by atoms with van der Waals surface area (Å²) in [6, 6.07) is 7.62. The van der Waals surface area contributed by atoms with Gasteiger partial charge in [-0.3, -0.25) is 9.59 Å². The molecule has 1 heterocycles. The van der Waals surface area contributed by atoms with Gasteiger partial charge in [-0.2, -0.15) is 5.10 Å². The van der Waals surface area contributed by atoms with Crippen LogP contribution in [0.5, 0.6) is 5.75 Å². The first-order valence-corrected chi connectivity index (χ1v) is 7.13. The van der Waals surface area contributed by atoms with Crippen molar-refractivity contribution in [2.45, 2.75) is 20.0 Å². The van der Waals surface area contributed by atoms with E-state index in [1.54, 1.807) is 25.1 Å². The highest BCUT2D eigenvalue weighted by Gasteiger charge is 2.09. The van der Waals surface area contributed by atoms with Crippen LogP contribution in [-0.2, 0) is 13.1 Å². The molecule has 0 aliphatic rings. The van der Waals surface area contributed by atoms with E-state index in [1.807, 2.05) is 0 Å². The van der Waals surface area contributed by atoms with Gasteiger partial charge in [0.25, 0.3) is 11.5 Å². The molecule has 0 saturated carbocycles. The zero-order chi connectivity index (χ0) is 15.4. The lowest BCUT2D eigenvalue weighted by Crippen LogP contribution is -2.29. The number of rotatable bonds is 4. The summed E-state index contributed by atoms with van der Waals surface area (Å²) in [5, 5.41) is 16.1. The predicted molar refractivity (Wildman–Crippen MR) is 81.1 cm³/mol. The monoisotopic (exact) mass is 351 g/mol. The minimum atomic E-state index is -0.378. The fourth-order valence-corrected chi connectivity index (χ4v) is 2.33. The van der Waals surface area contributed by atoms with Crippen LogP contribution in [0.2, 0.25) is 0 Å². The molecule has 0 fully saturated rings. The van der Waals surface area contributed by atoms with E-state index in [-0.39, 0.29) is 29.5 Å². The Kier molecular flexibility index (Phi) is 4.74. The number of hydrogen-bond acceptors (Lipinski definition) is 4. The van der Waals surface area contributed by atoms with E-state index in [1.165, 1.54) is 16.8 Å². The van der Waals surface area contributed by atoms with Crippen molar-refractivity contribution in [3.05, 3.63) is 56.4 Å². The Hall–Kier alpha value is -2.15. The van der Waals surface area contributed by atoms with Crippen molar-refractivity contribution in [1.29, 1.82) is 0 Å². The average molecular weight is 352 g/mol. The number of hydrogen-bond donors (Lipinski definition) is 2. The van der Waals surface area contributed by atoms with Gasteiger partial charge in [-0.1, -0.05) is 15.9 Å². The maximum Gasteiger partial charge on any atom is 0.271 e. The Morgan fingerprint density at radius 1 is 1.38 bits per heavy atom. The highest BCUT2D eigenvalue weighted by molar-refractivity contribution is 9.10. The van der Waals surface area contributed by atoms with Crippen LogP contribution >= 0.6 is 15.9 Å². The second kappa shape index (κ2) is 6.53.